The number of carbonyl (C=O) groups excluding carboxylic acids is 4. The van der Waals surface area contributed by atoms with Crippen LogP contribution in [-0.4, -0.2) is 99.3 Å². The summed E-state index contributed by atoms with van der Waals surface area (Å²) in [5, 5.41) is 6.63. The molecule has 0 aliphatic carbocycles. The number of amides is 4. The van der Waals surface area contributed by atoms with Gasteiger partial charge in [-0.05, 0) is 78.3 Å². The molecule has 4 N–H and O–H groups in total. The predicted molar refractivity (Wildman–Crippen MR) is 204 cm³/mol. The number of aromatic nitrogens is 4. The predicted octanol–water partition coefficient (Wildman–Crippen LogP) is 6.91. The van der Waals surface area contributed by atoms with Crippen LogP contribution in [0.5, 0.6) is 0 Å². The molecule has 5 aromatic rings. The quantitative estimate of drug-likeness (QED) is 0.118. The third kappa shape index (κ3) is 8.37. The maximum absolute atomic E-state index is 13.4. The molecule has 7 rings (SSSR count). The van der Waals surface area contributed by atoms with Crippen molar-refractivity contribution in [2.24, 2.45) is 0 Å². The summed E-state index contributed by atoms with van der Waals surface area (Å²) in [6, 6.07) is 14.8. The van der Waals surface area contributed by atoms with Gasteiger partial charge in [0.15, 0.2) is 0 Å². The van der Waals surface area contributed by atoms with Crippen LogP contribution in [-0.2, 0) is 19.1 Å². The standard InChI is InChI=1S/C40H43F3N8O6/c1-4-27(48-38(54)56-2)36(52)51-16-6-8-33(51)35-45-28-14-13-25(19-29(28)46-35)23-9-10-24-18-26(12-11-22(24)17-23)31-21-44-34(47-31)32-7-5-15-50(32)37(53)30(20-40(41,42)43)49-39(55)57-3/h9-14,17-19,21,27,30,32-33H,4-8,15-16,20H2,1-3H3,(H,44,47)(H,45,46)(H,48,54)(H,49,55)/t27-,30-,32-,33-/m0/s1. The highest BCUT2D eigenvalue weighted by Crippen LogP contribution is 2.36. The number of benzene rings is 3. The molecule has 2 fully saturated rings. The first-order chi connectivity index (χ1) is 27.3. The number of aromatic amines is 2. The summed E-state index contributed by atoms with van der Waals surface area (Å²) < 4.78 is 49.2. The van der Waals surface area contributed by atoms with E-state index < -0.39 is 48.8 Å². The fourth-order valence-electron chi connectivity index (χ4n) is 7.81. The Labute approximate surface area is 325 Å². The highest BCUT2D eigenvalue weighted by molar-refractivity contribution is 5.92. The molecule has 0 radical (unpaired) electrons. The van der Waals surface area contributed by atoms with Gasteiger partial charge in [-0.2, -0.15) is 13.2 Å². The van der Waals surface area contributed by atoms with Crippen molar-refractivity contribution >= 4 is 45.8 Å². The number of halogens is 3. The molecule has 0 bridgehead atoms. The number of H-pyrrole nitrogens is 2. The molecule has 4 atom stereocenters. The first kappa shape index (κ1) is 39.1. The van der Waals surface area contributed by atoms with Crippen LogP contribution in [0.3, 0.4) is 0 Å². The number of hydrogen-bond acceptors (Lipinski definition) is 8. The topological polar surface area (TPSA) is 175 Å². The number of carbonyl (C=O) groups is 4. The zero-order valence-electron chi connectivity index (χ0n) is 31.6. The molecule has 17 heteroatoms. The molecule has 2 aliphatic heterocycles. The molecule has 2 aliphatic rings. The van der Waals surface area contributed by atoms with Gasteiger partial charge in [0.05, 0.1) is 55.6 Å². The smallest absolute Gasteiger partial charge is 0.407 e. The fourth-order valence-corrected chi connectivity index (χ4v) is 7.81. The average molecular weight is 789 g/mol. The van der Waals surface area contributed by atoms with Crippen molar-refractivity contribution in [3.8, 4) is 22.4 Å². The molecule has 2 saturated heterocycles. The Bertz CT molecular complexity index is 2310. The van der Waals surface area contributed by atoms with Crippen LogP contribution in [0.2, 0.25) is 0 Å². The zero-order valence-corrected chi connectivity index (χ0v) is 31.6. The van der Waals surface area contributed by atoms with Crippen LogP contribution in [0.25, 0.3) is 44.2 Å². The number of fused-ring (bicyclic) bond motifs is 2. The normalized spacial score (nSPS) is 18.1. The number of imidazole rings is 2. The van der Waals surface area contributed by atoms with Crippen LogP contribution in [0.1, 0.15) is 69.2 Å². The largest absolute Gasteiger partial charge is 0.453 e. The summed E-state index contributed by atoms with van der Waals surface area (Å²) in [5.74, 6) is 0.122. The van der Waals surface area contributed by atoms with Gasteiger partial charge in [0, 0.05) is 18.7 Å². The van der Waals surface area contributed by atoms with Crippen molar-refractivity contribution in [2.75, 3.05) is 27.3 Å². The van der Waals surface area contributed by atoms with Crippen molar-refractivity contribution in [2.45, 2.75) is 75.8 Å². The SMILES string of the molecule is CC[C@H](NC(=O)OC)C(=O)N1CCC[C@H]1c1nc2ccc(-c3ccc4cc(-c5cnc([C@@H]6CCCN6C(=O)[C@H](CC(F)(F)F)NC(=O)OC)[nH]5)ccc4c3)cc2[nH]1. The van der Waals surface area contributed by atoms with Gasteiger partial charge >= 0.3 is 18.4 Å². The van der Waals surface area contributed by atoms with E-state index in [2.05, 4.69) is 31.1 Å². The van der Waals surface area contributed by atoms with Crippen LogP contribution in [0.4, 0.5) is 22.8 Å². The molecule has 14 nitrogen and oxygen atoms in total. The summed E-state index contributed by atoms with van der Waals surface area (Å²) in [6.07, 6.45) is -3.27. The fraction of sp³-hybridized carbons (Fsp3) is 0.400. The lowest BCUT2D eigenvalue weighted by Crippen LogP contribution is -2.50. The van der Waals surface area contributed by atoms with Gasteiger partial charge in [-0.3, -0.25) is 9.59 Å². The lowest BCUT2D eigenvalue weighted by molar-refractivity contribution is -0.154. The van der Waals surface area contributed by atoms with E-state index in [4.69, 9.17) is 9.72 Å². The number of ether oxygens (including phenoxy) is 2. The second-order valence-electron chi connectivity index (χ2n) is 14.3. The number of rotatable bonds is 10. The number of nitrogens with zero attached hydrogens (tertiary/aromatic N) is 4. The van der Waals surface area contributed by atoms with Gasteiger partial charge in [0.2, 0.25) is 11.8 Å². The Morgan fingerprint density at radius 1 is 0.789 bits per heavy atom. The maximum atomic E-state index is 13.4. The molecule has 0 unspecified atom stereocenters. The molecular weight excluding hydrogens is 745 g/mol. The lowest BCUT2D eigenvalue weighted by atomic mass is 9.99. The van der Waals surface area contributed by atoms with Crippen molar-refractivity contribution in [3.63, 3.8) is 0 Å². The molecule has 0 spiro atoms. The highest BCUT2D eigenvalue weighted by Gasteiger charge is 2.42. The second-order valence-corrected chi connectivity index (χ2v) is 14.3. The Morgan fingerprint density at radius 2 is 1.35 bits per heavy atom. The molecule has 3 aromatic carbocycles. The van der Waals surface area contributed by atoms with E-state index in [1.807, 2.05) is 60.8 Å². The number of alkyl halides is 3. The summed E-state index contributed by atoms with van der Waals surface area (Å²) >= 11 is 0. The van der Waals surface area contributed by atoms with Gasteiger partial charge in [-0.1, -0.05) is 37.3 Å². The van der Waals surface area contributed by atoms with E-state index in [9.17, 15) is 32.3 Å². The number of likely N-dealkylation sites (tertiary alicyclic amines) is 2. The lowest BCUT2D eigenvalue weighted by Gasteiger charge is -2.28. The van der Waals surface area contributed by atoms with E-state index >= 15 is 0 Å². The molecule has 57 heavy (non-hydrogen) atoms. The molecule has 0 saturated carbocycles. The van der Waals surface area contributed by atoms with Gasteiger partial charge in [-0.15, -0.1) is 0 Å². The maximum Gasteiger partial charge on any atom is 0.407 e. The van der Waals surface area contributed by atoms with Crippen molar-refractivity contribution in [3.05, 3.63) is 72.4 Å². The molecular formula is C40H43F3N8O6. The van der Waals surface area contributed by atoms with E-state index in [0.717, 1.165) is 58.4 Å². The Hall–Kier alpha value is -6.13. The van der Waals surface area contributed by atoms with Gasteiger partial charge in [-0.25, -0.2) is 19.6 Å². The summed E-state index contributed by atoms with van der Waals surface area (Å²) in [4.78, 5) is 69.5. The number of alkyl carbamates (subject to hydrolysis) is 2. The minimum Gasteiger partial charge on any atom is -0.453 e. The Balaban J connectivity index is 1.07. The third-order valence-electron chi connectivity index (χ3n) is 10.7. The minimum absolute atomic E-state index is 0.168. The van der Waals surface area contributed by atoms with Crippen LogP contribution < -0.4 is 10.6 Å². The van der Waals surface area contributed by atoms with E-state index in [0.29, 0.717) is 43.1 Å². The van der Waals surface area contributed by atoms with E-state index in [-0.39, 0.29) is 18.5 Å². The first-order valence-corrected chi connectivity index (χ1v) is 18.8. The Morgan fingerprint density at radius 3 is 1.98 bits per heavy atom. The monoisotopic (exact) mass is 788 g/mol. The minimum atomic E-state index is -4.68. The van der Waals surface area contributed by atoms with Crippen LogP contribution in [0.15, 0.2) is 60.8 Å². The summed E-state index contributed by atoms with van der Waals surface area (Å²) in [7, 11) is 2.29. The molecule has 4 heterocycles. The van der Waals surface area contributed by atoms with Crippen LogP contribution >= 0.6 is 0 Å². The van der Waals surface area contributed by atoms with Crippen molar-refractivity contribution in [1.82, 2.24) is 40.4 Å². The van der Waals surface area contributed by atoms with Crippen molar-refractivity contribution < 1.29 is 41.8 Å². The number of nitrogens with one attached hydrogen (secondary N) is 4. The van der Waals surface area contributed by atoms with Crippen molar-refractivity contribution in [1.29, 1.82) is 0 Å². The molecule has 300 valence electrons. The highest BCUT2D eigenvalue weighted by atomic mass is 19.4. The van der Waals surface area contributed by atoms with Crippen LogP contribution in [0, 0.1) is 0 Å². The summed E-state index contributed by atoms with van der Waals surface area (Å²) in [6.45, 7) is 2.63. The van der Waals surface area contributed by atoms with Gasteiger partial charge in [0.25, 0.3) is 0 Å². The van der Waals surface area contributed by atoms with Gasteiger partial charge in [0.1, 0.15) is 23.7 Å². The summed E-state index contributed by atoms with van der Waals surface area (Å²) in [5.41, 5.74) is 5.11. The Kier molecular flexibility index (Phi) is 11.1. The third-order valence-corrected chi connectivity index (χ3v) is 10.7. The molecule has 4 amide bonds. The van der Waals surface area contributed by atoms with E-state index in [1.54, 1.807) is 11.1 Å². The van der Waals surface area contributed by atoms with Gasteiger partial charge < -0.3 is 39.9 Å². The zero-order chi connectivity index (χ0) is 40.4. The van der Waals surface area contributed by atoms with E-state index in [1.165, 1.54) is 12.0 Å². The first-order valence-electron chi connectivity index (χ1n) is 18.8. The number of methoxy groups -OCH3 is 2. The second kappa shape index (κ2) is 16.2. The number of hydrogen-bond donors (Lipinski definition) is 4. The average Bonchev–Trinajstić information content (AvgIpc) is 4.04. The molecule has 2 aromatic heterocycles.